The zero-order chi connectivity index (χ0) is 52.1. The van der Waals surface area contributed by atoms with Crippen LogP contribution < -0.4 is 16.4 Å². The third-order valence-electron chi connectivity index (χ3n) is 17.5. The largest absolute Gasteiger partial charge is 0.310 e. The van der Waals surface area contributed by atoms with Gasteiger partial charge in [-0.15, -0.1) is 0 Å². The molecule has 0 fully saturated rings. The first-order valence-corrected chi connectivity index (χ1v) is 27.2. The minimum absolute atomic E-state index is 0.00545. The van der Waals surface area contributed by atoms with Gasteiger partial charge in [0.1, 0.15) is 0 Å². The molecule has 4 heteroatoms. The Labute approximate surface area is 446 Å². The van der Waals surface area contributed by atoms with Crippen molar-refractivity contribution in [3.63, 3.8) is 0 Å². The fraction of sp³-hybridized carbons (Fsp3) is 0.167. The van der Waals surface area contributed by atoms with E-state index in [1.807, 2.05) is 0 Å². The number of aromatic nitrogens is 3. The highest BCUT2D eigenvalue weighted by Crippen LogP contribution is 2.44. The Bertz CT molecular complexity index is 4470. The van der Waals surface area contributed by atoms with Crippen LogP contribution in [-0.2, 0) is 10.8 Å². The molecule has 10 aromatic carbocycles. The molecule has 0 spiro atoms. The predicted octanol–water partition coefficient (Wildman–Crippen LogP) is 17.0. The van der Waals surface area contributed by atoms with Crippen LogP contribution in [0.3, 0.4) is 0 Å². The molecule has 76 heavy (non-hydrogen) atoms. The first kappa shape index (κ1) is 46.2. The lowest BCUT2D eigenvalue weighted by Crippen LogP contribution is -2.58. The normalized spacial score (nSPS) is 12.8. The average molecular weight is 980 g/mol. The number of benzene rings is 10. The molecule has 0 unspecified atom stereocenters. The summed E-state index contributed by atoms with van der Waals surface area (Å²) in [5.74, 6) is 0. The van der Waals surface area contributed by atoms with Gasteiger partial charge in [0.2, 0.25) is 6.71 Å². The van der Waals surface area contributed by atoms with Crippen molar-refractivity contribution < 1.29 is 0 Å². The lowest BCUT2D eigenvalue weighted by molar-refractivity contribution is 0.590. The standard InChI is InChI=1S/C72H62BN3/c1-43-45(3)69(75-62-36-31-51(71(5,6)7)41-56(62)57-42-52(72(8,9)10)32-37-63(57)75)46(4)44(2)68(43)73-58-26-18-20-28-64(58)76-60-27-19-17-25-54(60)67-65(38-34-59(73)70(67)76)74-61-35-30-49(47-21-13-11-14-22-47)39-55(61)53-33-29-50(40-66(53)74)48-23-15-12-16-24-48/h11-42H,1-10H3. The molecule has 4 heterocycles. The van der Waals surface area contributed by atoms with Gasteiger partial charge < -0.3 is 13.7 Å². The highest BCUT2D eigenvalue weighted by atomic mass is 15.0. The Morgan fingerprint density at radius 2 is 0.842 bits per heavy atom. The predicted molar refractivity (Wildman–Crippen MR) is 328 cm³/mol. The maximum atomic E-state index is 2.59. The van der Waals surface area contributed by atoms with E-state index in [0.29, 0.717) is 0 Å². The maximum Gasteiger partial charge on any atom is 0.247 e. The molecule has 3 aromatic heterocycles. The van der Waals surface area contributed by atoms with E-state index >= 15 is 0 Å². The van der Waals surface area contributed by atoms with E-state index in [9.17, 15) is 0 Å². The minimum atomic E-state index is -0.00545. The van der Waals surface area contributed by atoms with Gasteiger partial charge in [-0.25, -0.2) is 0 Å². The third-order valence-corrected chi connectivity index (χ3v) is 17.5. The molecule has 1 aliphatic rings. The molecule has 0 saturated carbocycles. The molecule has 368 valence electrons. The molecular weight excluding hydrogens is 918 g/mol. The quantitative estimate of drug-likeness (QED) is 0.153. The average Bonchev–Trinajstić information content (AvgIpc) is 4.09. The van der Waals surface area contributed by atoms with Crippen LogP contribution in [0.1, 0.15) is 74.9 Å². The summed E-state index contributed by atoms with van der Waals surface area (Å²) >= 11 is 0. The number of fused-ring (bicyclic) bond motifs is 11. The fourth-order valence-electron chi connectivity index (χ4n) is 13.4. The number of hydrogen-bond acceptors (Lipinski definition) is 0. The lowest BCUT2D eigenvalue weighted by Gasteiger charge is -2.31. The smallest absolute Gasteiger partial charge is 0.247 e. The molecule has 3 nitrogen and oxygen atoms in total. The van der Waals surface area contributed by atoms with Gasteiger partial charge in [0.05, 0.1) is 44.5 Å². The van der Waals surface area contributed by atoms with Gasteiger partial charge in [0.15, 0.2) is 0 Å². The molecule has 0 amide bonds. The molecule has 0 bridgehead atoms. The van der Waals surface area contributed by atoms with Crippen LogP contribution in [0, 0.1) is 27.7 Å². The summed E-state index contributed by atoms with van der Waals surface area (Å²) in [7, 11) is 0. The molecule has 1 aliphatic heterocycles. The topological polar surface area (TPSA) is 14.8 Å². The second-order valence-corrected chi connectivity index (χ2v) is 23.8. The summed E-state index contributed by atoms with van der Waals surface area (Å²) in [6, 6.07) is 73.4. The van der Waals surface area contributed by atoms with Gasteiger partial charge in [-0.05, 0) is 155 Å². The van der Waals surface area contributed by atoms with Crippen LogP contribution in [0.4, 0.5) is 0 Å². The Balaban J connectivity index is 1.04. The molecule has 0 aliphatic carbocycles. The summed E-state index contributed by atoms with van der Waals surface area (Å²) in [4.78, 5) is 0. The van der Waals surface area contributed by atoms with Gasteiger partial charge in [-0.2, -0.15) is 0 Å². The van der Waals surface area contributed by atoms with E-state index < -0.39 is 0 Å². The van der Waals surface area contributed by atoms with Crippen molar-refractivity contribution in [1.29, 1.82) is 0 Å². The van der Waals surface area contributed by atoms with Crippen LogP contribution in [0.2, 0.25) is 0 Å². The number of rotatable bonds is 5. The van der Waals surface area contributed by atoms with E-state index in [0.717, 1.165) is 0 Å². The first-order chi connectivity index (χ1) is 36.7. The van der Waals surface area contributed by atoms with Crippen molar-refractivity contribution >= 4 is 88.5 Å². The minimum Gasteiger partial charge on any atom is -0.310 e. The van der Waals surface area contributed by atoms with Crippen molar-refractivity contribution in [2.75, 3.05) is 0 Å². The van der Waals surface area contributed by atoms with Gasteiger partial charge >= 0.3 is 0 Å². The highest BCUT2D eigenvalue weighted by molar-refractivity contribution is 6.98. The van der Waals surface area contributed by atoms with E-state index in [-0.39, 0.29) is 17.5 Å². The summed E-state index contributed by atoms with van der Waals surface area (Å²) in [6.07, 6.45) is 0. The molecule has 13 aromatic rings. The van der Waals surface area contributed by atoms with Gasteiger partial charge in [0, 0.05) is 38.0 Å². The molecule has 0 atom stereocenters. The van der Waals surface area contributed by atoms with Crippen molar-refractivity contribution in [2.24, 2.45) is 0 Å². The molecule has 0 saturated heterocycles. The Hall–Kier alpha value is -8.34. The van der Waals surface area contributed by atoms with Crippen molar-refractivity contribution in [3.05, 3.63) is 228 Å². The van der Waals surface area contributed by atoms with Crippen LogP contribution in [0.25, 0.3) is 105 Å². The highest BCUT2D eigenvalue weighted by Gasteiger charge is 2.38. The summed E-state index contributed by atoms with van der Waals surface area (Å²) in [5.41, 5.74) is 28.2. The van der Waals surface area contributed by atoms with Crippen LogP contribution in [0.5, 0.6) is 0 Å². The van der Waals surface area contributed by atoms with Crippen molar-refractivity contribution in [3.8, 4) is 39.3 Å². The summed E-state index contributed by atoms with van der Waals surface area (Å²) < 4.78 is 7.74. The number of para-hydroxylation sites is 2. The molecular formula is C72H62BN3. The summed E-state index contributed by atoms with van der Waals surface area (Å²) in [6.45, 7) is 23.5. The van der Waals surface area contributed by atoms with Crippen LogP contribution in [-0.4, -0.2) is 20.4 Å². The second kappa shape index (κ2) is 16.6. The van der Waals surface area contributed by atoms with Crippen molar-refractivity contribution in [2.45, 2.75) is 80.1 Å². The van der Waals surface area contributed by atoms with E-state index in [2.05, 4.69) is 277 Å². The number of hydrogen-bond donors (Lipinski definition) is 0. The summed E-state index contributed by atoms with van der Waals surface area (Å²) in [5, 5.41) is 7.66. The second-order valence-electron chi connectivity index (χ2n) is 23.8. The Kier molecular flexibility index (Phi) is 10.1. The zero-order valence-electron chi connectivity index (χ0n) is 45.4. The Morgan fingerprint density at radius 1 is 0.329 bits per heavy atom. The Morgan fingerprint density at radius 3 is 1.47 bits per heavy atom. The van der Waals surface area contributed by atoms with Crippen molar-refractivity contribution in [1.82, 2.24) is 13.7 Å². The zero-order valence-corrected chi connectivity index (χ0v) is 45.4. The van der Waals surface area contributed by atoms with Crippen LogP contribution in [0.15, 0.2) is 194 Å². The van der Waals surface area contributed by atoms with Crippen LogP contribution >= 0.6 is 0 Å². The van der Waals surface area contributed by atoms with Gasteiger partial charge in [-0.3, -0.25) is 0 Å². The molecule has 0 N–H and O–H groups in total. The van der Waals surface area contributed by atoms with Gasteiger partial charge in [-0.1, -0.05) is 192 Å². The first-order valence-electron chi connectivity index (χ1n) is 27.2. The molecule has 14 rings (SSSR count). The fourth-order valence-corrected chi connectivity index (χ4v) is 13.4. The maximum absolute atomic E-state index is 2.59. The monoisotopic (exact) mass is 980 g/mol. The van der Waals surface area contributed by atoms with E-state index in [1.165, 1.54) is 155 Å². The van der Waals surface area contributed by atoms with E-state index in [1.54, 1.807) is 0 Å². The van der Waals surface area contributed by atoms with Gasteiger partial charge in [0.25, 0.3) is 0 Å². The number of nitrogens with zero attached hydrogens (tertiary/aromatic N) is 3. The molecule has 0 radical (unpaired) electrons. The lowest BCUT2D eigenvalue weighted by atomic mass is 9.34. The SMILES string of the molecule is Cc1c(C)c(-n2c3ccc(C(C)(C)C)cc3c3cc(C(C)(C)C)ccc32)c(C)c(C)c1B1c2ccccc2-n2c3ccccc3c3c(-n4c5ccc(-c6ccccc6)cc5c5ccc(-c6ccccc6)cc54)ccc1c32. The third kappa shape index (κ3) is 6.69. The van der Waals surface area contributed by atoms with E-state index in [4.69, 9.17) is 0 Å².